The highest BCUT2D eigenvalue weighted by molar-refractivity contribution is 9.10. The fraction of sp³-hybridized carbons (Fsp3) is 0.600. The fourth-order valence-corrected chi connectivity index (χ4v) is 2.98. The minimum Gasteiger partial charge on any atom is -0.369 e. The normalized spacial score (nSPS) is 17.0. The van der Waals surface area contributed by atoms with E-state index in [1.165, 1.54) is 30.6 Å². The van der Waals surface area contributed by atoms with E-state index in [0.717, 1.165) is 10.4 Å². The lowest BCUT2D eigenvalue weighted by atomic mass is 10.1. The summed E-state index contributed by atoms with van der Waals surface area (Å²) in [5, 5.41) is 0. The predicted octanol–water partition coefficient (Wildman–Crippen LogP) is 4.09. The van der Waals surface area contributed by atoms with Crippen LogP contribution in [0, 0.1) is 5.92 Å². The highest BCUT2D eigenvalue weighted by Gasteiger charge is 2.25. The van der Waals surface area contributed by atoms with Crippen molar-refractivity contribution in [1.29, 1.82) is 0 Å². The van der Waals surface area contributed by atoms with Gasteiger partial charge < -0.3 is 10.6 Å². The van der Waals surface area contributed by atoms with E-state index in [4.69, 9.17) is 5.73 Å². The largest absolute Gasteiger partial charge is 0.369 e. The van der Waals surface area contributed by atoms with E-state index in [9.17, 15) is 0 Å². The van der Waals surface area contributed by atoms with Crippen molar-refractivity contribution in [2.24, 2.45) is 11.7 Å². The summed E-state index contributed by atoms with van der Waals surface area (Å²) in [6.45, 7) is 7.72. The monoisotopic (exact) mass is 310 g/mol. The van der Waals surface area contributed by atoms with E-state index in [1.807, 2.05) is 6.92 Å². The van der Waals surface area contributed by atoms with Crippen molar-refractivity contribution in [2.45, 2.75) is 45.7 Å². The minimum atomic E-state index is 0.0735. The van der Waals surface area contributed by atoms with Gasteiger partial charge in [0.1, 0.15) is 0 Å². The first-order chi connectivity index (χ1) is 8.49. The molecule has 1 aromatic rings. The van der Waals surface area contributed by atoms with Crippen molar-refractivity contribution >= 4 is 21.6 Å². The molecule has 0 amide bonds. The summed E-state index contributed by atoms with van der Waals surface area (Å²) < 4.78 is 1.12. The van der Waals surface area contributed by atoms with Crippen molar-refractivity contribution in [3.05, 3.63) is 28.2 Å². The lowest BCUT2D eigenvalue weighted by Gasteiger charge is -2.29. The van der Waals surface area contributed by atoms with Gasteiger partial charge in [0.05, 0.1) is 0 Å². The topological polar surface area (TPSA) is 29.3 Å². The Balaban J connectivity index is 2.21. The number of hydrogen-bond acceptors (Lipinski definition) is 2. The molecule has 0 aliphatic heterocycles. The van der Waals surface area contributed by atoms with Gasteiger partial charge in [-0.2, -0.15) is 0 Å². The summed E-state index contributed by atoms with van der Waals surface area (Å²) in [7, 11) is 0. The van der Waals surface area contributed by atoms with Crippen LogP contribution in [0.3, 0.4) is 0 Å². The zero-order valence-corrected chi connectivity index (χ0v) is 13.1. The van der Waals surface area contributed by atoms with Gasteiger partial charge in [-0.15, -0.1) is 0 Å². The van der Waals surface area contributed by atoms with Crippen molar-refractivity contribution in [2.75, 3.05) is 11.4 Å². The zero-order valence-electron chi connectivity index (χ0n) is 11.5. The molecule has 0 aromatic heterocycles. The first-order valence-electron chi connectivity index (χ1n) is 6.80. The third kappa shape index (κ3) is 3.27. The molecule has 0 unspecified atom stereocenters. The predicted molar refractivity (Wildman–Crippen MR) is 82.0 cm³/mol. The van der Waals surface area contributed by atoms with E-state index in [0.29, 0.717) is 6.04 Å². The maximum Gasteiger partial charge on any atom is 0.0380 e. The van der Waals surface area contributed by atoms with Gasteiger partial charge in [0, 0.05) is 28.8 Å². The fourth-order valence-electron chi connectivity index (χ4n) is 2.26. The van der Waals surface area contributed by atoms with Gasteiger partial charge in [-0.3, -0.25) is 0 Å². The van der Waals surface area contributed by atoms with E-state index < -0.39 is 0 Å². The van der Waals surface area contributed by atoms with Crippen molar-refractivity contribution in [3.8, 4) is 0 Å². The minimum absolute atomic E-state index is 0.0735. The lowest BCUT2D eigenvalue weighted by Crippen LogP contribution is -2.32. The molecular formula is C15H23BrN2. The van der Waals surface area contributed by atoms with E-state index in [2.05, 4.69) is 52.9 Å². The average molecular weight is 311 g/mol. The molecule has 100 valence electrons. The van der Waals surface area contributed by atoms with Crippen LogP contribution >= 0.6 is 15.9 Å². The Morgan fingerprint density at radius 2 is 2.00 bits per heavy atom. The van der Waals surface area contributed by atoms with Crippen LogP contribution in [0.2, 0.25) is 0 Å². The molecule has 18 heavy (non-hydrogen) atoms. The van der Waals surface area contributed by atoms with Crippen LogP contribution in [-0.4, -0.2) is 12.6 Å². The Morgan fingerprint density at radius 1 is 1.33 bits per heavy atom. The number of anilines is 1. The molecule has 1 aromatic carbocycles. The molecule has 2 nitrogen and oxygen atoms in total. The van der Waals surface area contributed by atoms with Crippen molar-refractivity contribution < 1.29 is 0 Å². The summed E-state index contributed by atoms with van der Waals surface area (Å²) in [5.74, 6) is 0.902. The van der Waals surface area contributed by atoms with E-state index in [1.54, 1.807) is 0 Å². The maximum absolute atomic E-state index is 5.95. The number of rotatable bonds is 5. The van der Waals surface area contributed by atoms with Crippen LogP contribution in [0.15, 0.2) is 22.7 Å². The third-order valence-electron chi connectivity index (χ3n) is 3.58. The van der Waals surface area contributed by atoms with Crippen molar-refractivity contribution in [1.82, 2.24) is 0 Å². The van der Waals surface area contributed by atoms with Crippen LogP contribution in [0.4, 0.5) is 5.69 Å². The van der Waals surface area contributed by atoms with Crippen LogP contribution in [0.5, 0.6) is 0 Å². The number of nitrogens with two attached hydrogens (primary N) is 1. The van der Waals surface area contributed by atoms with Crippen LogP contribution in [-0.2, 0) is 0 Å². The second-order valence-electron chi connectivity index (χ2n) is 5.68. The standard InChI is InChI=1S/C15H23BrN2/c1-10(2)18(9-12-4-5-12)13-6-7-14(11(3)17)15(16)8-13/h6-8,10-12H,4-5,9,17H2,1-3H3/t11-/m0/s1. The van der Waals surface area contributed by atoms with Crippen LogP contribution in [0.25, 0.3) is 0 Å². The van der Waals surface area contributed by atoms with Gasteiger partial charge >= 0.3 is 0 Å². The Morgan fingerprint density at radius 3 is 2.44 bits per heavy atom. The van der Waals surface area contributed by atoms with Gasteiger partial charge in [0.15, 0.2) is 0 Å². The molecule has 0 heterocycles. The maximum atomic E-state index is 5.95. The summed E-state index contributed by atoms with van der Waals surface area (Å²) in [6.07, 6.45) is 2.78. The molecule has 1 fully saturated rings. The molecule has 1 saturated carbocycles. The smallest absolute Gasteiger partial charge is 0.0380 e. The lowest BCUT2D eigenvalue weighted by molar-refractivity contribution is 0.644. The molecule has 0 spiro atoms. The Bertz CT molecular complexity index is 411. The van der Waals surface area contributed by atoms with Crippen LogP contribution in [0.1, 0.15) is 45.2 Å². The highest BCUT2D eigenvalue weighted by atomic mass is 79.9. The number of nitrogens with zero attached hydrogens (tertiary/aromatic N) is 1. The molecule has 1 aliphatic rings. The Kier molecular flexibility index (Phi) is 4.33. The summed E-state index contributed by atoms with van der Waals surface area (Å²) >= 11 is 3.64. The van der Waals surface area contributed by atoms with Gasteiger partial charge in [-0.05, 0) is 57.2 Å². The number of halogens is 1. The second-order valence-corrected chi connectivity index (χ2v) is 6.54. The van der Waals surface area contributed by atoms with Gasteiger partial charge in [-0.1, -0.05) is 22.0 Å². The second kappa shape index (κ2) is 5.62. The quantitative estimate of drug-likeness (QED) is 0.887. The summed E-state index contributed by atoms with van der Waals surface area (Å²) in [4.78, 5) is 2.49. The Labute approximate surface area is 119 Å². The molecule has 0 radical (unpaired) electrons. The molecular weight excluding hydrogens is 288 g/mol. The van der Waals surface area contributed by atoms with Crippen molar-refractivity contribution in [3.63, 3.8) is 0 Å². The zero-order chi connectivity index (χ0) is 13.3. The summed E-state index contributed by atoms with van der Waals surface area (Å²) in [6, 6.07) is 7.17. The molecule has 0 saturated heterocycles. The van der Waals surface area contributed by atoms with E-state index in [-0.39, 0.29) is 6.04 Å². The van der Waals surface area contributed by atoms with E-state index >= 15 is 0 Å². The first-order valence-corrected chi connectivity index (χ1v) is 7.60. The van der Waals surface area contributed by atoms with Crippen LogP contribution < -0.4 is 10.6 Å². The first kappa shape index (κ1) is 13.9. The number of benzene rings is 1. The average Bonchev–Trinajstić information content (AvgIpc) is 3.08. The molecule has 2 N–H and O–H groups in total. The molecule has 2 rings (SSSR count). The number of hydrogen-bond donors (Lipinski definition) is 1. The molecule has 1 atom stereocenters. The molecule has 0 bridgehead atoms. The third-order valence-corrected chi connectivity index (χ3v) is 4.27. The van der Waals surface area contributed by atoms with Gasteiger partial charge in [-0.25, -0.2) is 0 Å². The highest BCUT2D eigenvalue weighted by Crippen LogP contribution is 2.34. The SMILES string of the molecule is CC(C)N(CC1CC1)c1ccc([C@H](C)N)c(Br)c1. The van der Waals surface area contributed by atoms with Gasteiger partial charge in [0.25, 0.3) is 0 Å². The van der Waals surface area contributed by atoms with Gasteiger partial charge in [0.2, 0.25) is 0 Å². The molecule has 3 heteroatoms. The summed E-state index contributed by atoms with van der Waals surface area (Å²) in [5.41, 5.74) is 8.42. The Hall–Kier alpha value is -0.540. The molecule has 1 aliphatic carbocycles.